The highest BCUT2D eigenvalue weighted by Crippen LogP contribution is 2.29. The van der Waals surface area contributed by atoms with Gasteiger partial charge in [-0.15, -0.1) is 10.2 Å². The number of benzene rings is 1. The number of carbonyl (C=O) groups is 4. The maximum absolute atomic E-state index is 12.1. The minimum atomic E-state index is -1.47. The van der Waals surface area contributed by atoms with Crippen molar-refractivity contribution in [1.82, 2.24) is 29.4 Å². The first-order chi connectivity index (χ1) is 17.6. The van der Waals surface area contributed by atoms with Crippen LogP contribution in [0.1, 0.15) is 39.6 Å². The van der Waals surface area contributed by atoms with Gasteiger partial charge in [0.25, 0.3) is 5.78 Å². The number of rotatable bonds is 8. The zero-order valence-electron chi connectivity index (χ0n) is 20.7. The Bertz CT molecular complexity index is 1530. The van der Waals surface area contributed by atoms with Crippen LogP contribution in [0.5, 0.6) is 0 Å². The summed E-state index contributed by atoms with van der Waals surface area (Å²) in [6.07, 6.45) is -4.28. The van der Waals surface area contributed by atoms with E-state index in [1.165, 1.54) is 4.52 Å². The summed E-state index contributed by atoms with van der Waals surface area (Å²) >= 11 is 0. The lowest BCUT2D eigenvalue weighted by molar-refractivity contribution is -0.190. The van der Waals surface area contributed by atoms with E-state index in [4.69, 9.17) is 18.9 Å². The van der Waals surface area contributed by atoms with Gasteiger partial charge in [-0.1, -0.05) is 18.2 Å². The molecule has 0 spiro atoms. The summed E-state index contributed by atoms with van der Waals surface area (Å²) in [7, 11) is 1.84. The van der Waals surface area contributed by atoms with E-state index >= 15 is 0 Å². The van der Waals surface area contributed by atoms with Crippen molar-refractivity contribution < 1.29 is 38.1 Å². The predicted octanol–water partition coefficient (Wildman–Crippen LogP) is 1.19. The fourth-order valence-electron chi connectivity index (χ4n) is 3.99. The van der Waals surface area contributed by atoms with Crippen LogP contribution in [0, 0.1) is 0 Å². The summed E-state index contributed by atoms with van der Waals surface area (Å²) in [5, 5.41) is 13.6. The molecular weight excluding hydrogens is 488 g/mol. The van der Waals surface area contributed by atoms with E-state index in [2.05, 4.69) is 20.3 Å². The molecular formula is C23H24N6O8. The molecule has 1 aromatic carbocycles. The van der Waals surface area contributed by atoms with Crippen LogP contribution in [0.2, 0.25) is 0 Å². The first-order valence-electron chi connectivity index (χ1n) is 11.2. The number of carbonyl (C=O) groups excluding carboxylic acids is 4. The van der Waals surface area contributed by atoms with Gasteiger partial charge in [0.1, 0.15) is 12.1 Å². The van der Waals surface area contributed by atoms with Crippen LogP contribution in [0.4, 0.5) is 0 Å². The summed E-state index contributed by atoms with van der Waals surface area (Å²) in [5.74, 6) is -2.93. The van der Waals surface area contributed by atoms with E-state index in [0.29, 0.717) is 11.2 Å². The molecule has 14 heteroatoms. The molecule has 0 aliphatic rings. The van der Waals surface area contributed by atoms with Gasteiger partial charge in [-0.3, -0.25) is 19.2 Å². The zero-order chi connectivity index (χ0) is 26.9. The van der Waals surface area contributed by atoms with Crippen molar-refractivity contribution in [2.24, 2.45) is 7.05 Å². The number of hydrogen-bond donors (Lipinski definition) is 0. The Morgan fingerprint density at radius 1 is 0.892 bits per heavy atom. The molecule has 0 aliphatic carbocycles. The molecule has 37 heavy (non-hydrogen) atoms. The molecule has 0 saturated heterocycles. The van der Waals surface area contributed by atoms with Crippen LogP contribution < -0.4 is 0 Å². The van der Waals surface area contributed by atoms with Crippen molar-refractivity contribution in [1.29, 1.82) is 0 Å². The highest BCUT2D eigenvalue weighted by molar-refractivity contribution is 6.04. The minimum Gasteiger partial charge on any atom is -0.462 e. The van der Waals surface area contributed by atoms with Gasteiger partial charge in [0.15, 0.2) is 17.9 Å². The molecule has 0 fully saturated rings. The second kappa shape index (κ2) is 10.2. The first-order valence-corrected chi connectivity index (χ1v) is 11.2. The minimum absolute atomic E-state index is 0.0567. The molecule has 0 amide bonds. The zero-order valence-corrected chi connectivity index (χ0v) is 20.7. The number of fused-ring (bicyclic) bond motifs is 4. The molecule has 4 aromatic rings. The maximum Gasteiger partial charge on any atom is 0.303 e. The van der Waals surface area contributed by atoms with E-state index in [1.807, 2.05) is 35.9 Å². The SMILES string of the molecule is CC(=O)OC[C@H](OC(C)=O)[C@H](OC(C)=O)[C@@H](OC(C)=O)c1nnc2nc3c(nn12)c1ccccc1n3C. The first kappa shape index (κ1) is 25.5. The van der Waals surface area contributed by atoms with Crippen LogP contribution >= 0.6 is 0 Å². The van der Waals surface area contributed by atoms with Crippen molar-refractivity contribution in [2.75, 3.05) is 6.61 Å². The third kappa shape index (κ3) is 5.17. The van der Waals surface area contributed by atoms with Crippen LogP contribution in [-0.2, 0) is 45.2 Å². The number of aromatic nitrogens is 6. The molecule has 3 aromatic heterocycles. The Balaban J connectivity index is 1.90. The van der Waals surface area contributed by atoms with Crippen LogP contribution in [0.25, 0.3) is 27.8 Å². The highest BCUT2D eigenvalue weighted by atomic mass is 16.6. The van der Waals surface area contributed by atoms with Gasteiger partial charge in [-0.05, 0) is 6.07 Å². The number of para-hydroxylation sites is 1. The fraction of sp³-hybridized carbons (Fsp3) is 0.391. The Morgan fingerprint density at radius 2 is 1.57 bits per heavy atom. The molecule has 0 saturated carbocycles. The molecule has 0 N–H and O–H groups in total. The van der Waals surface area contributed by atoms with Crippen molar-refractivity contribution in [3.63, 3.8) is 0 Å². The van der Waals surface area contributed by atoms with E-state index in [0.717, 1.165) is 38.6 Å². The van der Waals surface area contributed by atoms with Gasteiger partial charge < -0.3 is 23.5 Å². The normalized spacial score (nSPS) is 13.8. The summed E-state index contributed by atoms with van der Waals surface area (Å²) in [5.41, 5.74) is 1.94. The summed E-state index contributed by atoms with van der Waals surface area (Å²) in [6.45, 7) is 4.06. The number of ether oxygens (including phenoxy) is 4. The van der Waals surface area contributed by atoms with E-state index in [-0.39, 0.29) is 11.6 Å². The van der Waals surface area contributed by atoms with Crippen LogP contribution in [-0.4, -0.2) is 72.1 Å². The van der Waals surface area contributed by atoms with Gasteiger partial charge in [0, 0.05) is 40.1 Å². The molecule has 0 bridgehead atoms. The number of aryl methyl sites for hydroxylation is 1. The van der Waals surface area contributed by atoms with E-state index in [9.17, 15) is 19.2 Å². The molecule has 3 atom stereocenters. The average molecular weight is 512 g/mol. The third-order valence-corrected chi connectivity index (χ3v) is 5.39. The van der Waals surface area contributed by atoms with Gasteiger partial charge >= 0.3 is 23.9 Å². The smallest absolute Gasteiger partial charge is 0.303 e. The summed E-state index contributed by atoms with van der Waals surface area (Å²) in [4.78, 5) is 52.0. The Kier molecular flexibility index (Phi) is 7.00. The molecule has 0 unspecified atom stereocenters. The number of esters is 4. The van der Waals surface area contributed by atoms with Crippen molar-refractivity contribution >= 4 is 51.7 Å². The number of hydrogen-bond acceptors (Lipinski definition) is 12. The highest BCUT2D eigenvalue weighted by Gasteiger charge is 2.42. The second-order valence-electron chi connectivity index (χ2n) is 8.18. The Labute approximate surface area is 209 Å². The largest absolute Gasteiger partial charge is 0.462 e. The second-order valence-corrected chi connectivity index (χ2v) is 8.18. The number of nitrogens with zero attached hydrogens (tertiary/aromatic N) is 6. The van der Waals surface area contributed by atoms with Crippen molar-refractivity contribution in [2.45, 2.75) is 46.0 Å². The van der Waals surface area contributed by atoms with Gasteiger partial charge in [-0.25, -0.2) is 0 Å². The Morgan fingerprint density at radius 3 is 2.22 bits per heavy atom. The molecule has 14 nitrogen and oxygen atoms in total. The molecule has 4 rings (SSSR count). The van der Waals surface area contributed by atoms with Gasteiger partial charge in [0.05, 0.1) is 5.52 Å². The van der Waals surface area contributed by atoms with E-state index < -0.39 is 48.8 Å². The lowest BCUT2D eigenvalue weighted by Crippen LogP contribution is -2.44. The van der Waals surface area contributed by atoms with Gasteiger partial charge in [-0.2, -0.15) is 14.6 Å². The lowest BCUT2D eigenvalue weighted by Gasteiger charge is -2.30. The van der Waals surface area contributed by atoms with Crippen LogP contribution in [0.3, 0.4) is 0 Å². The fourth-order valence-corrected chi connectivity index (χ4v) is 3.99. The summed E-state index contributed by atoms with van der Waals surface area (Å²) < 4.78 is 24.3. The van der Waals surface area contributed by atoms with Crippen molar-refractivity contribution in [3.8, 4) is 0 Å². The lowest BCUT2D eigenvalue weighted by atomic mass is 10.1. The quantitative estimate of drug-likeness (QED) is 0.245. The van der Waals surface area contributed by atoms with E-state index in [1.54, 1.807) is 0 Å². The van der Waals surface area contributed by atoms with Crippen LogP contribution in [0.15, 0.2) is 24.3 Å². The predicted molar refractivity (Wildman–Crippen MR) is 125 cm³/mol. The Hall–Kier alpha value is -4.62. The molecule has 0 radical (unpaired) electrons. The standard InChI is InChI=1S/C23H24N6O8/c1-11(30)34-10-17(35-12(2)31)19(36-13(3)32)20(37-14(4)33)22-25-26-23-24-21-18(27-29(22)23)15-8-6-7-9-16(15)28(21)5/h6-9,17,19-20H,10H2,1-5H3/t17-,19-,20+/m0/s1. The van der Waals surface area contributed by atoms with Crippen molar-refractivity contribution in [3.05, 3.63) is 30.1 Å². The van der Waals surface area contributed by atoms with Gasteiger partial charge in [0.2, 0.25) is 11.9 Å². The third-order valence-electron chi connectivity index (χ3n) is 5.39. The monoisotopic (exact) mass is 512 g/mol. The topological polar surface area (TPSA) is 166 Å². The molecule has 194 valence electrons. The average Bonchev–Trinajstić information content (AvgIpc) is 3.36. The summed E-state index contributed by atoms with van der Waals surface area (Å²) in [6, 6.07) is 7.54. The molecule has 0 aliphatic heterocycles. The molecule has 3 heterocycles. The maximum atomic E-state index is 12.1.